The van der Waals surface area contributed by atoms with Gasteiger partial charge in [0.2, 0.25) is 11.8 Å². The van der Waals surface area contributed by atoms with Crippen molar-refractivity contribution in [2.45, 2.75) is 26.2 Å². The number of carbonyl (C=O) groups is 3. The van der Waals surface area contributed by atoms with Crippen LogP contribution >= 0.6 is 11.6 Å². The standard InChI is InChI=1S/C23H21ClN2O3/c1-12-16(24)6-4-7-17(12)25-21(27)15-5-2-3-8-18(15)26-22(28)19-13-9-10-14(11-13)20(19)23(26)29/h2-8,13-14,19-20H,9-11H2,1H3,(H,25,27)/t13-,14-,19-,20-/m0/s1. The van der Waals surface area contributed by atoms with Gasteiger partial charge in [0.1, 0.15) is 0 Å². The molecule has 5 nitrogen and oxygen atoms in total. The zero-order chi connectivity index (χ0) is 20.3. The van der Waals surface area contributed by atoms with Gasteiger partial charge in [-0.2, -0.15) is 0 Å². The van der Waals surface area contributed by atoms with Crippen LogP contribution in [0.25, 0.3) is 0 Å². The molecule has 4 atom stereocenters. The van der Waals surface area contributed by atoms with Crippen molar-refractivity contribution in [3.8, 4) is 0 Å². The van der Waals surface area contributed by atoms with Crippen molar-refractivity contribution in [3.05, 3.63) is 58.6 Å². The van der Waals surface area contributed by atoms with Crippen molar-refractivity contribution >= 4 is 40.7 Å². The molecule has 0 radical (unpaired) electrons. The number of imide groups is 1. The maximum atomic E-state index is 13.2. The number of para-hydroxylation sites is 1. The van der Waals surface area contributed by atoms with E-state index in [1.165, 1.54) is 4.90 Å². The van der Waals surface area contributed by atoms with E-state index in [-0.39, 0.29) is 29.6 Å². The van der Waals surface area contributed by atoms with E-state index in [0.29, 0.717) is 33.8 Å². The molecule has 148 valence electrons. The first-order chi connectivity index (χ1) is 14.0. The van der Waals surface area contributed by atoms with Gasteiger partial charge < -0.3 is 5.32 Å². The van der Waals surface area contributed by atoms with Gasteiger partial charge in [0, 0.05) is 10.7 Å². The number of nitrogens with one attached hydrogen (secondary N) is 1. The minimum absolute atomic E-state index is 0.147. The summed E-state index contributed by atoms with van der Waals surface area (Å²) in [5.74, 6) is -0.479. The molecule has 3 amide bonds. The van der Waals surface area contributed by atoms with Crippen LogP contribution in [0.15, 0.2) is 42.5 Å². The molecule has 2 aromatic rings. The highest BCUT2D eigenvalue weighted by atomic mass is 35.5. The van der Waals surface area contributed by atoms with E-state index in [1.807, 2.05) is 6.92 Å². The zero-order valence-corrected chi connectivity index (χ0v) is 16.8. The Morgan fingerprint density at radius 2 is 1.66 bits per heavy atom. The topological polar surface area (TPSA) is 66.5 Å². The Bertz CT molecular complexity index is 1020. The number of rotatable bonds is 3. The van der Waals surface area contributed by atoms with E-state index in [9.17, 15) is 14.4 Å². The lowest BCUT2D eigenvalue weighted by molar-refractivity contribution is -0.123. The Morgan fingerprint density at radius 3 is 2.34 bits per heavy atom. The van der Waals surface area contributed by atoms with Crippen molar-refractivity contribution in [2.75, 3.05) is 10.2 Å². The Hall–Kier alpha value is -2.66. The Kier molecular flexibility index (Phi) is 4.24. The van der Waals surface area contributed by atoms with Gasteiger partial charge in [-0.25, -0.2) is 4.90 Å². The molecule has 0 unspecified atom stereocenters. The first kappa shape index (κ1) is 18.4. The lowest BCUT2D eigenvalue weighted by Crippen LogP contribution is -2.34. The molecule has 5 rings (SSSR count). The van der Waals surface area contributed by atoms with Crippen LogP contribution in [0.1, 0.15) is 35.2 Å². The Labute approximate surface area is 174 Å². The normalized spacial score (nSPS) is 27.4. The number of nitrogens with zero attached hydrogens (tertiary/aromatic N) is 1. The summed E-state index contributed by atoms with van der Waals surface area (Å²) in [6, 6.07) is 12.1. The van der Waals surface area contributed by atoms with Gasteiger partial charge >= 0.3 is 0 Å². The number of halogens is 1. The number of fused-ring (bicyclic) bond motifs is 5. The molecule has 6 heteroatoms. The van der Waals surface area contributed by atoms with Gasteiger partial charge in [0.15, 0.2) is 0 Å². The fourth-order valence-corrected chi connectivity index (χ4v) is 5.61. The molecule has 2 saturated carbocycles. The van der Waals surface area contributed by atoms with Gasteiger partial charge in [-0.05, 0) is 67.9 Å². The molecule has 2 aliphatic carbocycles. The molecule has 3 aliphatic rings. The zero-order valence-electron chi connectivity index (χ0n) is 16.0. The molecule has 29 heavy (non-hydrogen) atoms. The van der Waals surface area contributed by atoms with Gasteiger partial charge in [-0.1, -0.05) is 29.8 Å². The third-order valence-corrected chi connectivity index (χ3v) is 7.24. The second-order valence-electron chi connectivity index (χ2n) is 8.28. The van der Waals surface area contributed by atoms with Crippen LogP contribution in [0, 0.1) is 30.6 Å². The number of carbonyl (C=O) groups excluding carboxylic acids is 3. The number of amides is 3. The molecule has 1 saturated heterocycles. The second kappa shape index (κ2) is 6.70. The van der Waals surface area contributed by atoms with E-state index in [2.05, 4.69) is 5.32 Å². The monoisotopic (exact) mass is 408 g/mol. The summed E-state index contributed by atoms with van der Waals surface area (Å²) in [5.41, 5.74) is 2.04. The second-order valence-corrected chi connectivity index (χ2v) is 8.69. The lowest BCUT2D eigenvalue weighted by atomic mass is 9.81. The highest BCUT2D eigenvalue weighted by molar-refractivity contribution is 6.32. The first-order valence-electron chi connectivity index (χ1n) is 10.0. The molecule has 2 bridgehead atoms. The third-order valence-electron chi connectivity index (χ3n) is 6.83. The molecule has 1 heterocycles. The molecule has 1 N–H and O–H groups in total. The van der Waals surface area contributed by atoms with E-state index in [4.69, 9.17) is 11.6 Å². The summed E-state index contributed by atoms with van der Waals surface area (Å²) in [6.45, 7) is 1.83. The van der Waals surface area contributed by atoms with Crippen molar-refractivity contribution in [1.29, 1.82) is 0 Å². The van der Waals surface area contributed by atoms with E-state index in [1.54, 1.807) is 42.5 Å². The number of anilines is 2. The van der Waals surface area contributed by atoms with E-state index >= 15 is 0 Å². The third kappa shape index (κ3) is 2.71. The SMILES string of the molecule is Cc1c(Cl)cccc1NC(=O)c1ccccc1N1C(=O)[C@H]2[C@H]3CC[C@@H](C3)[C@@H]2C1=O. The molecule has 1 aliphatic heterocycles. The van der Waals surface area contributed by atoms with Crippen LogP contribution in [-0.2, 0) is 9.59 Å². The average molecular weight is 409 g/mol. The fourth-order valence-electron chi connectivity index (χ4n) is 5.44. The van der Waals surface area contributed by atoms with Crippen molar-refractivity contribution in [1.82, 2.24) is 0 Å². The number of hydrogen-bond donors (Lipinski definition) is 1. The minimum atomic E-state index is -0.369. The van der Waals surface area contributed by atoms with Crippen molar-refractivity contribution in [3.63, 3.8) is 0 Å². The summed E-state index contributed by atoms with van der Waals surface area (Å²) in [7, 11) is 0. The van der Waals surface area contributed by atoms with Gasteiger partial charge in [0.05, 0.1) is 23.1 Å². The van der Waals surface area contributed by atoms with Crippen molar-refractivity contribution in [2.24, 2.45) is 23.7 Å². The maximum Gasteiger partial charge on any atom is 0.257 e. The summed E-state index contributed by atoms with van der Waals surface area (Å²) < 4.78 is 0. The predicted octanol–water partition coefficient (Wildman–Crippen LogP) is 4.44. The largest absolute Gasteiger partial charge is 0.322 e. The molecular weight excluding hydrogens is 388 g/mol. The summed E-state index contributed by atoms with van der Waals surface area (Å²) >= 11 is 6.16. The summed E-state index contributed by atoms with van der Waals surface area (Å²) in [5, 5.41) is 3.43. The van der Waals surface area contributed by atoms with Crippen LogP contribution < -0.4 is 10.2 Å². The van der Waals surface area contributed by atoms with Gasteiger partial charge in [-0.3, -0.25) is 14.4 Å². The first-order valence-corrected chi connectivity index (χ1v) is 10.4. The number of hydrogen-bond acceptors (Lipinski definition) is 3. The lowest BCUT2D eigenvalue weighted by Gasteiger charge is -2.20. The van der Waals surface area contributed by atoms with Crippen LogP contribution in [0.5, 0.6) is 0 Å². The average Bonchev–Trinajstić information content (AvgIpc) is 3.39. The molecule has 0 aromatic heterocycles. The molecule has 2 aromatic carbocycles. The Morgan fingerprint density at radius 1 is 1.00 bits per heavy atom. The molecule has 3 fully saturated rings. The molecular formula is C23H21ClN2O3. The summed E-state index contributed by atoms with van der Waals surface area (Å²) in [4.78, 5) is 40.7. The minimum Gasteiger partial charge on any atom is -0.322 e. The summed E-state index contributed by atoms with van der Waals surface area (Å²) in [6.07, 6.45) is 3.03. The van der Waals surface area contributed by atoms with Crippen LogP contribution in [0.4, 0.5) is 11.4 Å². The van der Waals surface area contributed by atoms with Gasteiger partial charge in [-0.15, -0.1) is 0 Å². The highest BCUT2D eigenvalue weighted by Crippen LogP contribution is 2.56. The highest BCUT2D eigenvalue weighted by Gasteiger charge is 2.61. The van der Waals surface area contributed by atoms with Crippen LogP contribution in [0.3, 0.4) is 0 Å². The van der Waals surface area contributed by atoms with Crippen LogP contribution in [-0.4, -0.2) is 17.7 Å². The quantitative estimate of drug-likeness (QED) is 0.763. The smallest absolute Gasteiger partial charge is 0.257 e. The molecule has 0 spiro atoms. The Balaban J connectivity index is 1.49. The predicted molar refractivity (Wildman–Crippen MR) is 111 cm³/mol. The maximum absolute atomic E-state index is 13.2. The van der Waals surface area contributed by atoms with Gasteiger partial charge in [0.25, 0.3) is 5.91 Å². The van der Waals surface area contributed by atoms with Crippen molar-refractivity contribution < 1.29 is 14.4 Å². The van der Waals surface area contributed by atoms with E-state index in [0.717, 1.165) is 24.8 Å². The number of benzene rings is 2. The van der Waals surface area contributed by atoms with E-state index < -0.39 is 0 Å². The van der Waals surface area contributed by atoms with Crippen LogP contribution in [0.2, 0.25) is 5.02 Å². The fraction of sp³-hybridized carbons (Fsp3) is 0.348.